The summed E-state index contributed by atoms with van der Waals surface area (Å²) >= 11 is 0. The number of nitrogens with zero attached hydrogens (tertiary/aromatic N) is 3. The highest BCUT2D eigenvalue weighted by Gasteiger charge is 2.25. The van der Waals surface area contributed by atoms with Gasteiger partial charge in [0.1, 0.15) is 11.6 Å². The first-order chi connectivity index (χ1) is 13.2. The Labute approximate surface area is 161 Å². The van der Waals surface area contributed by atoms with Crippen LogP contribution in [0.5, 0.6) is 5.75 Å². The molecule has 1 amide bonds. The van der Waals surface area contributed by atoms with E-state index in [1.807, 2.05) is 41.4 Å². The van der Waals surface area contributed by atoms with Crippen LogP contribution in [-0.2, 0) is 22.5 Å². The highest BCUT2D eigenvalue weighted by Crippen LogP contribution is 2.21. The average molecular weight is 371 g/mol. The Morgan fingerprint density at radius 2 is 2.11 bits per heavy atom. The molecule has 1 aliphatic heterocycles. The number of imidazole rings is 1. The summed E-state index contributed by atoms with van der Waals surface area (Å²) < 4.78 is 13.1. The van der Waals surface area contributed by atoms with E-state index in [-0.39, 0.29) is 12.5 Å². The number of hydrogen-bond acceptors (Lipinski definition) is 4. The van der Waals surface area contributed by atoms with Crippen LogP contribution in [0, 0.1) is 12.8 Å². The molecule has 3 rings (SSSR count). The molecule has 1 aromatic heterocycles. The van der Waals surface area contributed by atoms with Gasteiger partial charge in [0, 0.05) is 45.1 Å². The van der Waals surface area contributed by atoms with E-state index in [1.54, 1.807) is 7.11 Å². The number of likely N-dealkylation sites (tertiary alicyclic amines) is 1. The summed E-state index contributed by atoms with van der Waals surface area (Å²) in [5, 5.41) is 0. The summed E-state index contributed by atoms with van der Waals surface area (Å²) in [6.45, 7) is 5.24. The number of methoxy groups -OCH3 is 1. The summed E-state index contributed by atoms with van der Waals surface area (Å²) in [4.78, 5) is 19.1. The largest absolute Gasteiger partial charge is 0.484 e. The third-order valence-electron chi connectivity index (χ3n) is 5.11. The summed E-state index contributed by atoms with van der Waals surface area (Å²) in [6, 6.07) is 9.49. The van der Waals surface area contributed by atoms with Gasteiger partial charge in [-0.25, -0.2) is 4.98 Å². The van der Waals surface area contributed by atoms with Gasteiger partial charge in [0.25, 0.3) is 5.91 Å². The first-order valence-corrected chi connectivity index (χ1v) is 9.63. The quantitative estimate of drug-likeness (QED) is 0.716. The minimum Gasteiger partial charge on any atom is -0.484 e. The number of piperidine rings is 1. The fourth-order valence-electron chi connectivity index (χ4n) is 3.63. The predicted octanol–water partition coefficient (Wildman–Crippen LogP) is 2.70. The zero-order valence-corrected chi connectivity index (χ0v) is 16.3. The second-order valence-corrected chi connectivity index (χ2v) is 7.11. The van der Waals surface area contributed by atoms with Crippen LogP contribution in [0.1, 0.15) is 24.4 Å². The molecule has 2 aromatic rings. The fraction of sp³-hybridized carbons (Fsp3) is 0.524. The highest BCUT2D eigenvalue weighted by atomic mass is 16.5. The van der Waals surface area contributed by atoms with Crippen molar-refractivity contribution in [3.8, 4) is 5.75 Å². The summed E-state index contributed by atoms with van der Waals surface area (Å²) in [7, 11) is 1.72. The lowest BCUT2D eigenvalue weighted by atomic mass is 9.94. The lowest BCUT2D eigenvalue weighted by molar-refractivity contribution is -0.135. The van der Waals surface area contributed by atoms with Gasteiger partial charge in [-0.05, 0) is 37.8 Å². The zero-order chi connectivity index (χ0) is 19.1. The Morgan fingerprint density at radius 3 is 2.89 bits per heavy atom. The molecule has 0 bridgehead atoms. The van der Waals surface area contributed by atoms with Gasteiger partial charge in [0.15, 0.2) is 6.61 Å². The molecule has 6 heteroatoms. The molecule has 1 aromatic carbocycles. The van der Waals surface area contributed by atoms with Crippen LogP contribution in [0.2, 0.25) is 0 Å². The van der Waals surface area contributed by atoms with Crippen LogP contribution in [0.25, 0.3) is 0 Å². The van der Waals surface area contributed by atoms with E-state index in [0.717, 1.165) is 56.2 Å². The maximum Gasteiger partial charge on any atom is 0.260 e. The van der Waals surface area contributed by atoms with Crippen LogP contribution in [0.15, 0.2) is 36.5 Å². The second kappa shape index (κ2) is 9.55. The Hall–Kier alpha value is -2.34. The van der Waals surface area contributed by atoms with Crippen molar-refractivity contribution in [3.63, 3.8) is 0 Å². The molecule has 0 spiro atoms. The first-order valence-electron chi connectivity index (χ1n) is 9.63. The molecule has 0 unspecified atom stereocenters. The van der Waals surface area contributed by atoms with E-state index in [2.05, 4.69) is 16.5 Å². The lowest BCUT2D eigenvalue weighted by Crippen LogP contribution is -2.43. The molecular weight excluding hydrogens is 342 g/mol. The standard InChI is InChI=1S/C21H29N3O3/c1-17-14-22-20(24(17)11-12-26-2)13-18-7-6-10-23(15-18)21(25)16-27-19-8-4-3-5-9-19/h3-5,8-9,14,18H,6-7,10-13,15-16H2,1-2H3/t18-/m1/s1. The van der Waals surface area contributed by atoms with Gasteiger partial charge in [-0.3, -0.25) is 4.79 Å². The van der Waals surface area contributed by atoms with Crippen molar-refractivity contribution >= 4 is 5.91 Å². The molecule has 0 aliphatic carbocycles. The third-order valence-corrected chi connectivity index (χ3v) is 5.11. The molecule has 2 heterocycles. The maximum atomic E-state index is 12.5. The molecule has 0 radical (unpaired) electrons. The van der Waals surface area contributed by atoms with Crippen LogP contribution >= 0.6 is 0 Å². The molecule has 0 N–H and O–H groups in total. The molecule has 1 atom stereocenters. The van der Waals surface area contributed by atoms with Crippen molar-refractivity contribution < 1.29 is 14.3 Å². The minimum atomic E-state index is 0.0578. The van der Waals surface area contributed by atoms with E-state index in [0.29, 0.717) is 12.5 Å². The summed E-state index contributed by atoms with van der Waals surface area (Å²) in [5.74, 6) is 2.31. The summed E-state index contributed by atoms with van der Waals surface area (Å²) in [6.07, 6.45) is 4.96. The lowest BCUT2D eigenvalue weighted by Gasteiger charge is -2.32. The van der Waals surface area contributed by atoms with Gasteiger partial charge in [-0.1, -0.05) is 18.2 Å². The van der Waals surface area contributed by atoms with Crippen molar-refractivity contribution in [2.75, 3.05) is 33.4 Å². The smallest absolute Gasteiger partial charge is 0.260 e. The van der Waals surface area contributed by atoms with Gasteiger partial charge in [0.2, 0.25) is 0 Å². The number of aryl methyl sites for hydroxylation is 1. The second-order valence-electron chi connectivity index (χ2n) is 7.11. The van der Waals surface area contributed by atoms with Gasteiger partial charge >= 0.3 is 0 Å². The number of rotatable bonds is 8. The fourth-order valence-corrected chi connectivity index (χ4v) is 3.63. The van der Waals surface area contributed by atoms with E-state index < -0.39 is 0 Å². The van der Waals surface area contributed by atoms with E-state index in [1.165, 1.54) is 0 Å². The van der Waals surface area contributed by atoms with Crippen LogP contribution in [0.3, 0.4) is 0 Å². The van der Waals surface area contributed by atoms with Crippen LogP contribution in [-0.4, -0.2) is 53.8 Å². The van der Waals surface area contributed by atoms with Gasteiger partial charge in [0.05, 0.1) is 6.61 Å². The number of benzene rings is 1. The van der Waals surface area contributed by atoms with Crippen molar-refractivity contribution in [2.45, 2.75) is 32.7 Å². The average Bonchev–Trinajstić information content (AvgIpc) is 3.04. The zero-order valence-electron chi connectivity index (χ0n) is 16.3. The maximum absolute atomic E-state index is 12.5. The number of carbonyl (C=O) groups excluding carboxylic acids is 1. The minimum absolute atomic E-state index is 0.0578. The van der Waals surface area contributed by atoms with Crippen molar-refractivity contribution in [2.24, 2.45) is 5.92 Å². The first kappa shape index (κ1) is 19.4. The number of ether oxygens (including phenoxy) is 2. The molecule has 146 valence electrons. The van der Waals surface area contributed by atoms with Gasteiger partial charge in [-0.15, -0.1) is 0 Å². The van der Waals surface area contributed by atoms with E-state index in [9.17, 15) is 4.79 Å². The van der Waals surface area contributed by atoms with E-state index in [4.69, 9.17) is 9.47 Å². The molecule has 1 saturated heterocycles. The topological polar surface area (TPSA) is 56.6 Å². The molecule has 0 saturated carbocycles. The van der Waals surface area contributed by atoms with Gasteiger partial charge < -0.3 is 18.9 Å². The number of hydrogen-bond donors (Lipinski definition) is 0. The Kier molecular flexibility index (Phi) is 6.87. The highest BCUT2D eigenvalue weighted by molar-refractivity contribution is 5.77. The molecule has 6 nitrogen and oxygen atoms in total. The SMILES string of the molecule is COCCn1c(C)cnc1C[C@H]1CCCN(C(=O)COc2ccccc2)C1. The molecule has 1 aliphatic rings. The number of para-hydroxylation sites is 1. The predicted molar refractivity (Wildman–Crippen MR) is 104 cm³/mol. The van der Waals surface area contributed by atoms with Crippen LogP contribution < -0.4 is 4.74 Å². The van der Waals surface area contributed by atoms with Crippen molar-refractivity contribution in [1.29, 1.82) is 0 Å². The summed E-state index contributed by atoms with van der Waals surface area (Å²) in [5.41, 5.74) is 1.15. The Balaban J connectivity index is 1.54. The third kappa shape index (κ3) is 5.32. The number of aromatic nitrogens is 2. The molecule has 1 fully saturated rings. The molecule has 27 heavy (non-hydrogen) atoms. The van der Waals surface area contributed by atoms with Gasteiger partial charge in [-0.2, -0.15) is 0 Å². The van der Waals surface area contributed by atoms with E-state index >= 15 is 0 Å². The number of amides is 1. The van der Waals surface area contributed by atoms with Crippen molar-refractivity contribution in [3.05, 3.63) is 48.0 Å². The van der Waals surface area contributed by atoms with Crippen LogP contribution in [0.4, 0.5) is 0 Å². The normalized spacial score (nSPS) is 17.1. The Bertz CT molecular complexity index is 730. The number of carbonyl (C=O) groups is 1. The molecular formula is C21H29N3O3. The Morgan fingerprint density at radius 1 is 1.30 bits per heavy atom. The monoisotopic (exact) mass is 371 g/mol. The van der Waals surface area contributed by atoms with Crippen molar-refractivity contribution in [1.82, 2.24) is 14.5 Å².